The third-order valence-corrected chi connectivity index (χ3v) is 4.78. The molecule has 114 valence electrons. The summed E-state index contributed by atoms with van der Waals surface area (Å²) in [4.78, 5) is 4.30. The molecule has 21 heavy (non-hydrogen) atoms. The molecule has 2 rings (SSSR count). The van der Waals surface area contributed by atoms with Crippen molar-refractivity contribution in [3.63, 3.8) is 0 Å². The molecule has 5 heteroatoms. The molecular formula is C16H22ClN3S. The number of benzene rings is 1. The monoisotopic (exact) mass is 323 g/mol. The molecule has 0 aliphatic heterocycles. The summed E-state index contributed by atoms with van der Waals surface area (Å²) < 4.78 is 0. The summed E-state index contributed by atoms with van der Waals surface area (Å²) in [6, 6.07) is 8.52. The number of halogens is 1. The maximum absolute atomic E-state index is 6.08. The molecule has 1 aromatic rings. The van der Waals surface area contributed by atoms with Crippen molar-refractivity contribution in [3.05, 3.63) is 47.0 Å². The summed E-state index contributed by atoms with van der Waals surface area (Å²) >= 11 is 7.89. The van der Waals surface area contributed by atoms with Gasteiger partial charge in [0, 0.05) is 29.9 Å². The molecule has 0 heterocycles. The fraction of sp³-hybridized carbons (Fsp3) is 0.438. The molecule has 0 saturated heterocycles. The van der Waals surface area contributed by atoms with Gasteiger partial charge in [-0.3, -0.25) is 4.99 Å². The van der Waals surface area contributed by atoms with Crippen LogP contribution in [0.25, 0.3) is 0 Å². The van der Waals surface area contributed by atoms with Crippen molar-refractivity contribution in [2.75, 3.05) is 19.8 Å². The summed E-state index contributed by atoms with van der Waals surface area (Å²) in [7, 11) is 1.81. The van der Waals surface area contributed by atoms with E-state index in [-0.39, 0.29) is 0 Å². The van der Waals surface area contributed by atoms with Crippen molar-refractivity contribution in [1.82, 2.24) is 10.6 Å². The van der Waals surface area contributed by atoms with Gasteiger partial charge in [0.1, 0.15) is 0 Å². The standard InChI is InChI=1S/C16H22ClN3S/c1-18-16(20-14-8-3-4-9-14)19-11-15(21-2)12-6-5-7-13(17)10-12/h3-7,10,14-15H,8-9,11H2,1-2H3,(H2,18,19,20). The van der Waals surface area contributed by atoms with Crippen LogP contribution in [0, 0.1) is 0 Å². The quantitative estimate of drug-likeness (QED) is 0.493. The van der Waals surface area contributed by atoms with Crippen molar-refractivity contribution < 1.29 is 0 Å². The highest BCUT2D eigenvalue weighted by molar-refractivity contribution is 7.98. The van der Waals surface area contributed by atoms with Gasteiger partial charge in [-0.1, -0.05) is 35.9 Å². The molecule has 1 atom stereocenters. The molecular weight excluding hydrogens is 302 g/mol. The van der Waals surface area contributed by atoms with Crippen LogP contribution in [0.4, 0.5) is 0 Å². The fourth-order valence-corrected chi connectivity index (χ4v) is 3.22. The zero-order valence-electron chi connectivity index (χ0n) is 12.5. The molecule has 3 nitrogen and oxygen atoms in total. The molecule has 0 amide bonds. The van der Waals surface area contributed by atoms with Crippen LogP contribution < -0.4 is 10.6 Å². The first kappa shape index (κ1) is 16.2. The summed E-state index contributed by atoms with van der Waals surface area (Å²) in [6.45, 7) is 0.821. The third kappa shape index (κ3) is 4.97. The van der Waals surface area contributed by atoms with E-state index in [0.29, 0.717) is 11.3 Å². The average molecular weight is 324 g/mol. The molecule has 2 N–H and O–H groups in total. The Morgan fingerprint density at radius 2 is 2.19 bits per heavy atom. The van der Waals surface area contributed by atoms with Crippen molar-refractivity contribution >= 4 is 29.3 Å². The Morgan fingerprint density at radius 1 is 1.43 bits per heavy atom. The SMILES string of the molecule is CN=C(NCC(SC)c1cccc(Cl)c1)NC1CC=CC1. The number of hydrogen-bond donors (Lipinski definition) is 2. The van der Waals surface area contributed by atoms with Crippen LogP contribution in [0.2, 0.25) is 5.02 Å². The second-order valence-corrected chi connectivity index (χ2v) is 6.49. The van der Waals surface area contributed by atoms with Crippen LogP contribution in [0.15, 0.2) is 41.4 Å². The summed E-state index contributed by atoms with van der Waals surface area (Å²) in [5, 5.41) is 8.00. The molecule has 0 spiro atoms. The van der Waals surface area contributed by atoms with Crippen LogP contribution in [0.1, 0.15) is 23.7 Å². The lowest BCUT2D eigenvalue weighted by atomic mass is 10.1. The predicted octanol–water partition coefficient (Wildman–Crippen LogP) is 3.63. The molecule has 1 aliphatic rings. The van der Waals surface area contributed by atoms with Crippen LogP contribution >= 0.6 is 23.4 Å². The first-order chi connectivity index (χ1) is 10.2. The molecule has 0 radical (unpaired) electrons. The highest BCUT2D eigenvalue weighted by Crippen LogP contribution is 2.27. The minimum Gasteiger partial charge on any atom is -0.355 e. The Kier molecular flexibility index (Phi) is 6.46. The van der Waals surface area contributed by atoms with Gasteiger partial charge in [-0.05, 0) is 36.8 Å². The van der Waals surface area contributed by atoms with Crippen LogP contribution in [0.5, 0.6) is 0 Å². The van der Waals surface area contributed by atoms with Crippen molar-refractivity contribution in [1.29, 1.82) is 0 Å². The molecule has 1 aromatic carbocycles. The van der Waals surface area contributed by atoms with Gasteiger partial charge < -0.3 is 10.6 Å². The third-order valence-electron chi connectivity index (χ3n) is 3.53. The Bertz CT molecular complexity index is 508. The normalized spacial score (nSPS) is 17.0. The molecule has 1 unspecified atom stereocenters. The summed E-state index contributed by atoms with van der Waals surface area (Å²) in [5.41, 5.74) is 1.24. The van der Waals surface area contributed by atoms with Gasteiger partial charge in [0.05, 0.1) is 0 Å². The smallest absolute Gasteiger partial charge is 0.191 e. The van der Waals surface area contributed by atoms with Gasteiger partial charge in [-0.2, -0.15) is 11.8 Å². The number of nitrogens with one attached hydrogen (secondary N) is 2. The van der Waals surface area contributed by atoms with E-state index in [2.05, 4.69) is 40.1 Å². The van der Waals surface area contributed by atoms with Crippen molar-refractivity contribution in [2.45, 2.75) is 24.1 Å². The lowest BCUT2D eigenvalue weighted by molar-refractivity contribution is 0.632. The van der Waals surface area contributed by atoms with Gasteiger partial charge in [0.25, 0.3) is 0 Å². The molecule has 0 saturated carbocycles. The minimum atomic E-state index is 0.351. The van der Waals surface area contributed by atoms with Crippen LogP contribution in [-0.4, -0.2) is 31.8 Å². The van der Waals surface area contributed by atoms with Gasteiger partial charge in [0.2, 0.25) is 0 Å². The zero-order chi connectivity index (χ0) is 15.1. The number of aliphatic imine (C=N–C) groups is 1. The van der Waals surface area contributed by atoms with E-state index in [9.17, 15) is 0 Å². The Morgan fingerprint density at radius 3 is 2.81 bits per heavy atom. The first-order valence-electron chi connectivity index (χ1n) is 7.13. The van der Waals surface area contributed by atoms with Crippen LogP contribution in [0.3, 0.4) is 0 Å². The number of rotatable bonds is 5. The summed E-state index contributed by atoms with van der Waals surface area (Å²) in [5.74, 6) is 0.866. The maximum atomic E-state index is 6.08. The van der Waals surface area contributed by atoms with E-state index in [0.717, 1.165) is 30.4 Å². The van der Waals surface area contributed by atoms with E-state index in [1.54, 1.807) is 0 Å². The van der Waals surface area contributed by atoms with Gasteiger partial charge in [-0.25, -0.2) is 0 Å². The second-order valence-electron chi connectivity index (χ2n) is 5.02. The van der Waals surface area contributed by atoms with Gasteiger partial charge >= 0.3 is 0 Å². The topological polar surface area (TPSA) is 36.4 Å². The fourth-order valence-electron chi connectivity index (χ4n) is 2.36. The molecule has 0 bridgehead atoms. The van der Waals surface area contributed by atoms with Gasteiger partial charge in [-0.15, -0.1) is 0 Å². The van der Waals surface area contributed by atoms with Gasteiger partial charge in [0.15, 0.2) is 5.96 Å². The van der Waals surface area contributed by atoms with E-state index >= 15 is 0 Å². The highest BCUT2D eigenvalue weighted by atomic mass is 35.5. The number of thioether (sulfide) groups is 1. The molecule has 1 aliphatic carbocycles. The van der Waals surface area contributed by atoms with Crippen molar-refractivity contribution in [3.8, 4) is 0 Å². The van der Waals surface area contributed by atoms with E-state index in [1.165, 1.54) is 5.56 Å². The highest BCUT2D eigenvalue weighted by Gasteiger charge is 2.14. The average Bonchev–Trinajstić information content (AvgIpc) is 2.99. The van der Waals surface area contributed by atoms with E-state index < -0.39 is 0 Å². The second kappa shape index (κ2) is 8.35. The first-order valence-corrected chi connectivity index (χ1v) is 8.80. The summed E-state index contributed by atoms with van der Waals surface area (Å²) in [6.07, 6.45) is 8.68. The molecule has 0 fully saturated rings. The Hall–Kier alpha value is -1.13. The largest absolute Gasteiger partial charge is 0.355 e. The number of nitrogens with zero attached hydrogens (tertiary/aromatic N) is 1. The lowest BCUT2D eigenvalue weighted by Gasteiger charge is -2.20. The lowest BCUT2D eigenvalue weighted by Crippen LogP contribution is -2.43. The Labute approximate surface area is 136 Å². The van der Waals surface area contributed by atoms with E-state index in [4.69, 9.17) is 11.6 Å². The van der Waals surface area contributed by atoms with E-state index in [1.807, 2.05) is 37.0 Å². The molecule has 0 aromatic heterocycles. The van der Waals surface area contributed by atoms with Crippen LogP contribution in [-0.2, 0) is 0 Å². The zero-order valence-corrected chi connectivity index (χ0v) is 14.0. The number of guanidine groups is 1. The number of hydrogen-bond acceptors (Lipinski definition) is 2. The predicted molar refractivity (Wildman–Crippen MR) is 94.4 cm³/mol. The minimum absolute atomic E-state index is 0.351. The van der Waals surface area contributed by atoms with Crippen molar-refractivity contribution in [2.24, 2.45) is 4.99 Å². The maximum Gasteiger partial charge on any atom is 0.191 e. The Balaban J connectivity index is 1.89.